The average molecular weight is 216 g/mol. The maximum Gasteiger partial charge on any atom is 0.177 e. The first-order valence-corrected chi connectivity index (χ1v) is 5.84. The highest BCUT2D eigenvalue weighted by atomic mass is 15.1. The molecule has 3 heterocycles. The van der Waals surface area contributed by atoms with Crippen LogP contribution < -0.4 is 5.32 Å². The Bertz CT molecular complexity index is 463. The van der Waals surface area contributed by atoms with Crippen molar-refractivity contribution in [3.63, 3.8) is 0 Å². The van der Waals surface area contributed by atoms with Gasteiger partial charge in [-0.3, -0.25) is 0 Å². The fraction of sp³-hybridized carbons (Fsp3) is 0.500. The highest BCUT2D eigenvalue weighted by Crippen LogP contribution is 2.28. The first-order valence-electron chi connectivity index (χ1n) is 5.84. The van der Waals surface area contributed by atoms with Gasteiger partial charge in [-0.1, -0.05) is 0 Å². The molecular formula is C12H16N4. The van der Waals surface area contributed by atoms with Gasteiger partial charge >= 0.3 is 0 Å². The Morgan fingerprint density at radius 1 is 1.38 bits per heavy atom. The van der Waals surface area contributed by atoms with Gasteiger partial charge in [-0.2, -0.15) is 0 Å². The maximum absolute atomic E-state index is 4.58. The minimum absolute atomic E-state index is 0.0149. The second-order valence-corrected chi connectivity index (χ2v) is 4.68. The van der Waals surface area contributed by atoms with E-state index in [1.807, 2.05) is 12.1 Å². The zero-order chi connectivity index (χ0) is 11.0. The Labute approximate surface area is 94.5 Å². The molecule has 2 N–H and O–H groups in total. The summed E-state index contributed by atoms with van der Waals surface area (Å²) in [5, 5.41) is 3.55. The van der Waals surface area contributed by atoms with Crippen molar-refractivity contribution in [3.8, 4) is 0 Å². The normalized spacial score (nSPS) is 26.1. The summed E-state index contributed by atoms with van der Waals surface area (Å²) in [5.41, 5.74) is 1.82. The summed E-state index contributed by atoms with van der Waals surface area (Å²) in [5.74, 6) is 1.01. The van der Waals surface area contributed by atoms with Crippen LogP contribution >= 0.6 is 0 Å². The van der Waals surface area contributed by atoms with E-state index in [2.05, 4.69) is 27.2 Å². The molecule has 0 aliphatic carbocycles. The van der Waals surface area contributed by atoms with Crippen molar-refractivity contribution in [1.82, 2.24) is 20.3 Å². The topological polar surface area (TPSA) is 53.6 Å². The van der Waals surface area contributed by atoms with Gasteiger partial charge in [0.1, 0.15) is 5.82 Å². The molecule has 0 saturated carbocycles. The number of rotatable bonds is 1. The van der Waals surface area contributed by atoms with Crippen LogP contribution in [0, 0.1) is 0 Å². The Morgan fingerprint density at radius 2 is 2.31 bits per heavy atom. The Hall–Kier alpha value is -1.42. The lowest BCUT2D eigenvalue weighted by molar-refractivity contribution is 0.271. The molecule has 84 valence electrons. The van der Waals surface area contributed by atoms with Crippen molar-refractivity contribution < 1.29 is 0 Å². The van der Waals surface area contributed by atoms with E-state index in [1.165, 1.54) is 12.8 Å². The maximum atomic E-state index is 4.58. The van der Waals surface area contributed by atoms with Crippen LogP contribution in [0.4, 0.5) is 0 Å². The lowest BCUT2D eigenvalue weighted by Crippen LogP contribution is -2.44. The molecule has 16 heavy (non-hydrogen) atoms. The summed E-state index contributed by atoms with van der Waals surface area (Å²) in [6.45, 7) is 3.28. The van der Waals surface area contributed by atoms with Gasteiger partial charge in [-0.15, -0.1) is 0 Å². The largest absolute Gasteiger partial charge is 0.339 e. The third-order valence-electron chi connectivity index (χ3n) is 3.40. The number of hydrogen-bond acceptors (Lipinski definition) is 3. The lowest BCUT2D eigenvalue weighted by atomic mass is 9.90. The van der Waals surface area contributed by atoms with Crippen molar-refractivity contribution >= 4 is 11.2 Å². The molecule has 0 bridgehead atoms. The smallest absolute Gasteiger partial charge is 0.177 e. The third kappa shape index (κ3) is 1.50. The summed E-state index contributed by atoms with van der Waals surface area (Å²) in [7, 11) is 0. The molecule has 1 atom stereocenters. The molecule has 2 aromatic heterocycles. The van der Waals surface area contributed by atoms with Crippen LogP contribution in [-0.2, 0) is 5.54 Å². The van der Waals surface area contributed by atoms with Crippen molar-refractivity contribution in [2.24, 2.45) is 0 Å². The SMILES string of the molecule is CC1(c2nc3ncccc3[nH]2)CCCCN1. The fourth-order valence-corrected chi connectivity index (χ4v) is 2.36. The molecule has 0 radical (unpaired) electrons. The summed E-state index contributed by atoms with van der Waals surface area (Å²) < 4.78 is 0. The average Bonchev–Trinajstić information content (AvgIpc) is 2.74. The summed E-state index contributed by atoms with van der Waals surface area (Å²) >= 11 is 0. The van der Waals surface area contributed by atoms with E-state index in [1.54, 1.807) is 6.20 Å². The number of hydrogen-bond donors (Lipinski definition) is 2. The first-order chi connectivity index (χ1) is 7.78. The van der Waals surface area contributed by atoms with Crippen LogP contribution in [0.15, 0.2) is 18.3 Å². The van der Waals surface area contributed by atoms with Crippen LogP contribution in [0.2, 0.25) is 0 Å². The Morgan fingerprint density at radius 3 is 3.06 bits per heavy atom. The highest BCUT2D eigenvalue weighted by molar-refractivity contribution is 5.70. The van der Waals surface area contributed by atoms with E-state index in [-0.39, 0.29) is 5.54 Å². The highest BCUT2D eigenvalue weighted by Gasteiger charge is 2.31. The van der Waals surface area contributed by atoms with Crippen LogP contribution in [0.25, 0.3) is 11.2 Å². The molecule has 1 unspecified atom stereocenters. The predicted molar refractivity (Wildman–Crippen MR) is 63.1 cm³/mol. The fourth-order valence-electron chi connectivity index (χ4n) is 2.36. The van der Waals surface area contributed by atoms with Gasteiger partial charge in [-0.05, 0) is 44.9 Å². The minimum Gasteiger partial charge on any atom is -0.339 e. The number of imidazole rings is 1. The van der Waals surface area contributed by atoms with Gasteiger partial charge in [0.25, 0.3) is 0 Å². The zero-order valence-electron chi connectivity index (χ0n) is 9.45. The van der Waals surface area contributed by atoms with Crippen molar-refractivity contribution in [2.75, 3.05) is 6.54 Å². The van der Waals surface area contributed by atoms with Gasteiger partial charge < -0.3 is 10.3 Å². The van der Waals surface area contributed by atoms with Gasteiger partial charge in [0.15, 0.2) is 5.65 Å². The van der Waals surface area contributed by atoms with Gasteiger partial charge in [-0.25, -0.2) is 9.97 Å². The molecule has 0 spiro atoms. The number of aromatic amines is 1. The molecule has 0 aromatic carbocycles. The van der Waals surface area contributed by atoms with E-state index in [0.717, 1.165) is 30.0 Å². The van der Waals surface area contributed by atoms with E-state index < -0.39 is 0 Å². The summed E-state index contributed by atoms with van der Waals surface area (Å²) in [4.78, 5) is 12.2. The third-order valence-corrected chi connectivity index (χ3v) is 3.40. The van der Waals surface area contributed by atoms with E-state index >= 15 is 0 Å². The van der Waals surface area contributed by atoms with Crippen LogP contribution in [0.3, 0.4) is 0 Å². The van der Waals surface area contributed by atoms with Gasteiger partial charge in [0, 0.05) is 6.20 Å². The number of H-pyrrole nitrogens is 1. The van der Waals surface area contributed by atoms with Crippen LogP contribution in [0.5, 0.6) is 0 Å². The molecule has 3 rings (SSSR count). The molecule has 2 aromatic rings. The predicted octanol–water partition coefficient (Wildman–Crippen LogP) is 1.95. The van der Waals surface area contributed by atoms with Crippen LogP contribution in [0.1, 0.15) is 32.0 Å². The molecule has 0 amide bonds. The van der Waals surface area contributed by atoms with E-state index in [9.17, 15) is 0 Å². The molecule has 1 fully saturated rings. The molecule has 4 heteroatoms. The molecule has 4 nitrogen and oxygen atoms in total. The van der Waals surface area contributed by atoms with Gasteiger partial charge in [0.05, 0.1) is 11.1 Å². The number of pyridine rings is 1. The number of nitrogens with one attached hydrogen (secondary N) is 2. The summed E-state index contributed by atoms with van der Waals surface area (Å²) in [6.07, 6.45) is 5.43. The molecule has 1 saturated heterocycles. The summed E-state index contributed by atoms with van der Waals surface area (Å²) in [6, 6.07) is 3.95. The zero-order valence-corrected chi connectivity index (χ0v) is 9.45. The van der Waals surface area contributed by atoms with Crippen LogP contribution in [-0.4, -0.2) is 21.5 Å². The monoisotopic (exact) mass is 216 g/mol. The Balaban J connectivity index is 2.04. The minimum atomic E-state index is -0.0149. The van der Waals surface area contributed by atoms with Gasteiger partial charge in [0.2, 0.25) is 0 Å². The van der Waals surface area contributed by atoms with Crippen molar-refractivity contribution in [1.29, 1.82) is 0 Å². The molecule has 1 aliphatic heterocycles. The number of fused-ring (bicyclic) bond motifs is 1. The van der Waals surface area contributed by atoms with E-state index in [4.69, 9.17) is 0 Å². The van der Waals surface area contributed by atoms with Crippen molar-refractivity contribution in [2.45, 2.75) is 31.7 Å². The molecule has 1 aliphatic rings. The first kappa shape index (κ1) is 9.78. The molecular weight excluding hydrogens is 200 g/mol. The standard InChI is InChI=1S/C12H16N4/c1-12(6-2-3-8-14-12)11-15-9-5-4-7-13-10(9)16-11/h4-5,7,14H,2-3,6,8H2,1H3,(H,13,15,16). The second-order valence-electron chi connectivity index (χ2n) is 4.68. The van der Waals surface area contributed by atoms with Crippen molar-refractivity contribution in [3.05, 3.63) is 24.2 Å². The number of aromatic nitrogens is 3. The van der Waals surface area contributed by atoms with E-state index in [0.29, 0.717) is 0 Å². The second kappa shape index (κ2) is 3.56. The number of piperidine rings is 1. The number of nitrogens with zero attached hydrogens (tertiary/aromatic N) is 2. The Kier molecular flexibility index (Phi) is 2.17. The quantitative estimate of drug-likeness (QED) is 0.766. The lowest BCUT2D eigenvalue weighted by Gasteiger charge is -2.32.